The second-order valence-corrected chi connectivity index (χ2v) is 11.2. The molecule has 0 bridgehead atoms. The number of benzene rings is 1. The predicted octanol–water partition coefficient (Wildman–Crippen LogP) is 6.15. The van der Waals surface area contributed by atoms with Gasteiger partial charge in [0.2, 0.25) is 5.88 Å². The lowest BCUT2D eigenvalue weighted by molar-refractivity contribution is 0.195. The zero-order valence-corrected chi connectivity index (χ0v) is 22.1. The fourth-order valence-electron chi connectivity index (χ4n) is 4.97. The molecule has 0 spiro atoms. The van der Waals surface area contributed by atoms with Crippen LogP contribution in [0.2, 0.25) is 0 Å². The minimum atomic E-state index is -0.255. The fourth-order valence-corrected chi connectivity index (χ4v) is 4.97. The number of nitrogens with zero attached hydrogens (tertiary/aromatic N) is 2. The van der Waals surface area contributed by atoms with Crippen LogP contribution in [0.15, 0.2) is 24.4 Å². The summed E-state index contributed by atoms with van der Waals surface area (Å²) in [5.74, 6) is 1.77. The minimum absolute atomic E-state index is 0.00638. The Hall–Kier alpha value is -2.87. The van der Waals surface area contributed by atoms with Gasteiger partial charge in [-0.1, -0.05) is 47.1 Å². The van der Waals surface area contributed by atoms with Crippen molar-refractivity contribution < 1.29 is 14.2 Å². The monoisotopic (exact) mass is 497 g/mol. The molecule has 0 aliphatic heterocycles. The van der Waals surface area contributed by atoms with Gasteiger partial charge in [-0.15, -0.1) is 0 Å². The van der Waals surface area contributed by atoms with Crippen LogP contribution in [0.3, 0.4) is 0 Å². The Labute approximate surface area is 213 Å². The summed E-state index contributed by atoms with van der Waals surface area (Å²) in [5, 5.41) is 27.3. The number of halogens is 1. The summed E-state index contributed by atoms with van der Waals surface area (Å²) >= 11 is 0. The van der Waals surface area contributed by atoms with Crippen LogP contribution in [0.25, 0.3) is 0 Å². The van der Waals surface area contributed by atoms with Gasteiger partial charge in [0.25, 0.3) is 0 Å². The van der Waals surface area contributed by atoms with E-state index in [1.165, 1.54) is 0 Å². The number of anilines is 2. The third-order valence-corrected chi connectivity index (χ3v) is 7.35. The smallest absolute Gasteiger partial charge is 0.213 e. The molecule has 4 N–H and O–H groups in total. The van der Waals surface area contributed by atoms with Crippen LogP contribution in [0.5, 0.6) is 5.88 Å². The Balaban J connectivity index is 1.43. The average Bonchev–Trinajstić information content (AvgIpc) is 3.59. The first-order valence-electron chi connectivity index (χ1n) is 13.1. The van der Waals surface area contributed by atoms with E-state index in [1.807, 2.05) is 18.3 Å². The standard InChI is InChI=1S/C28H40FN5O2/c1-6-17(2)13-21-18(11-12-35)8-10-23(26(21)29)31-25-15-24(32-33-25)19-7-9-20(14-19)36-27-22(16-30-34-27)28(3,4)5/h8,10,15-17,19-20,35H,6-7,9,11-14H2,1-5H3,(H,30,34)(H2,31,32,33). The van der Waals surface area contributed by atoms with Gasteiger partial charge in [0.1, 0.15) is 11.9 Å². The zero-order valence-electron chi connectivity index (χ0n) is 22.1. The normalized spacial score (nSPS) is 19.0. The van der Waals surface area contributed by atoms with Crippen molar-refractivity contribution in [2.45, 2.75) is 90.6 Å². The van der Waals surface area contributed by atoms with Gasteiger partial charge in [-0.2, -0.15) is 10.2 Å². The molecule has 3 unspecified atom stereocenters. The number of rotatable bonds is 10. The molecule has 3 atom stereocenters. The van der Waals surface area contributed by atoms with Crippen molar-refractivity contribution in [3.8, 4) is 5.88 Å². The molecule has 1 aromatic carbocycles. The predicted molar refractivity (Wildman–Crippen MR) is 141 cm³/mol. The van der Waals surface area contributed by atoms with Crippen molar-refractivity contribution in [2.75, 3.05) is 11.9 Å². The molecule has 1 fully saturated rings. The van der Waals surface area contributed by atoms with Gasteiger partial charge < -0.3 is 15.2 Å². The van der Waals surface area contributed by atoms with Gasteiger partial charge in [-0.3, -0.25) is 5.10 Å². The summed E-state index contributed by atoms with van der Waals surface area (Å²) in [6.07, 6.45) is 6.86. The number of ether oxygens (including phenoxy) is 1. The lowest BCUT2D eigenvalue weighted by atomic mass is 9.89. The lowest BCUT2D eigenvalue weighted by Gasteiger charge is -2.20. The minimum Gasteiger partial charge on any atom is -0.474 e. The van der Waals surface area contributed by atoms with E-state index in [0.717, 1.165) is 48.4 Å². The number of H-pyrrole nitrogens is 2. The number of aromatic nitrogens is 4. The van der Waals surface area contributed by atoms with Crippen LogP contribution >= 0.6 is 0 Å². The van der Waals surface area contributed by atoms with Crippen LogP contribution in [-0.4, -0.2) is 38.2 Å². The van der Waals surface area contributed by atoms with Crippen molar-refractivity contribution in [2.24, 2.45) is 5.92 Å². The maximum Gasteiger partial charge on any atom is 0.213 e. The number of aliphatic hydroxyl groups is 1. The van der Waals surface area contributed by atoms with Crippen LogP contribution in [0.1, 0.15) is 88.6 Å². The van der Waals surface area contributed by atoms with Crippen LogP contribution in [0.4, 0.5) is 15.9 Å². The van der Waals surface area contributed by atoms with E-state index in [9.17, 15) is 5.11 Å². The van der Waals surface area contributed by atoms with Crippen LogP contribution in [-0.2, 0) is 18.3 Å². The van der Waals surface area contributed by atoms with E-state index in [0.29, 0.717) is 41.7 Å². The average molecular weight is 498 g/mol. The van der Waals surface area contributed by atoms with Crippen LogP contribution in [0, 0.1) is 11.7 Å². The summed E-state index contributed by atoms with van der Waals surface area (Å²) in [7, 11) is 0. The molecule has 2 heterocycles. The largest absolute Gasteiger partial charge is 0.474 e. The Morgan fingerprint density at radius 3 is 2.78 bits per heavy atom. The van der Waals surface area contributed by atoms with Gasteiger partial charge in [0.15, 0.2) is 5.82 Å². The number of nitrogens with one attached hydrogen (secondary N) is 3. The summed E-state index contributed by atoms with van der Waals surface area (Å²) in [5.41, 5.74) is 4.04. The van der Waals surface area contributed by atoms with Crippen molar-refractivity contribution >= 4 is 11.5 Å². The first kappa shape index (κ1) is 26.2. The summed E-state index contributed by atoms with van der Waals surface area (Å²) in [4.78, 5) is 0. The second kappa shape index (κ2) is 11.0. The Morgan fingerprint density at radius 1 is 1.25 bits per heavy atom. The molecule has 1 aliphatic carbocycles. The van der Waals surface area contributed by atoms with E-state index in [-0.39, 0.29) is 23.9 Å². The Morgan fingerprint density at radius 2 is 2.06 bits per heavy atom. The number of aromatic amines is 2. The molecule has 1 saturated carbocycles. The van der Waals surface area contributed by atoms with E-state index < -0.39 is 0 Å². The maximum absolute atomic E-state index is 15.5. The van der Waals surface area contributed by atoms with Gasteiger partial charge in [0.05, 0.1) is 11.9 Å². The van der Waals surface area contributed by atoms with Crippen molar-refractivity contribution in [3.05, 3.63) is 52.6 Å². The maximum atomic E-state index is 15.5. The zero-order chi connectivity index (χ0) is 25.9. The highest BCUT2D eigenvalue weighted by atomic mass is 19.1. The van der Waals surface area contributed by atoms with Gasteiger partial charge in [-0.05, 0) is 60.6 Å². The molecular weight excluding hydrogens is 457 g/mol. The molecule has 8 heteroatoms. The Kier molecular flexibility index (Phi) is 8.03. The summed E-state index contributed by atoms with van der Waals surface area (Å²) in [6.45, 7) is 10.7. The number of hydrogen-bond acceptors (Lipinski definition) is 5. The lowest BCUT2D eigenvalue weighted by Crippen LogP contribution is -2.17. The topological polar surface area (TPSA) is 98.8 Å². The molecule has 4 rings (SSSR count). The fraction of sp³-hybridized carbons (Fsp3) is 0.571. The first-order valence-corrected chi connectivity index (χ1v) is 13.1. The number of hydrogen-bond donors (Lipinski definition) is 4. The molecule has 2 aromatic heterocycles. The van der Waals surface area contributed by atoms with Gasteiger partial charge >= 0.3 is 0 Å². The van der Waals surface area contributed by atoms with E-state index in [4.69, 9.17) is 4.74 Å². The third kappa shape index (κ3) is 5.91. The molecule has 196 valence electrons. The highest BCUT2D eigenvalue weighted by Gasteiger charge is 2.31. The summed E-state index contributed by atoms with van der Waals surface area (Å²) < 4.78 is 21.8. The highest BCUT2D eigenvalue weighted by Crippen LogP contribution is 2.38. The quantitative estimate of drug-likeness (QED) is 0.269. The van der Waals surface area contributed by atoms with Gasteiger partial charge in [-0.25, -0.2) is 9.49 Å². The van der Waals surface area contributed by atoms with E-state index in [1.54, 1.807) is 6.07 Å². The molecular formula is C28H40FN5O2. The molecule has 1 aliphatic rings. The van der Waals surface area contributed by atoms with Gasteiger partial charge in [0, 0.05) is 29.8 Å². The molecule has 7 nitrogen and oxygen atoms in total. The van der Waals surface area contributed by atoms with Crippen molar-refractivity contribution in [1.29, 1.82) is 0 Å². The molecule has 0 amide bonds. The van der Waals surface area contributed by atoms with Crippen LogP contribution < -0.4 is 10.1 Å². The third-order valence-electron chi connectivity index (χ3n) is 7.35. The van der Waals surface area contributed by atoms with E-state index in [2.05, 4.69) is 60.3 Å². The highest BCUT2D eigenvalue weighted by molar-refractivity contribution is 5.60. The molecule has 3 aromatic rings. The van der Waals surface area contributed by atoms with Crippen molar-refractivity contribution in [1.82, 2.24) is 20.4 Å². The SMILES string of the molecule is CCC(C)Cc1c(CCO)ccc(Nc2cc(C3CCC(Oc4[nH]ncc4C(C)(C)C)C3)[nH]n2)c1F. The molecule has 36 heavy (non-hydrogen) atoms. The van der Waals surface area contributed by atoms with E-state index >= 15 is 4.39 Å². The molecule has 0 saturated heterocycles. The van der Waals surface area contributed by atoms with Crippen molar-refractivity contribution in [3.63, 3.8) is 0 Å². The number of aliphatic hydroxyl groups excluding tert-OH is 1. The second-order valence-electron chi connectivity index (χ2n) is 11.2. The summed E-state index contributed by atoms with van der Waals surface area (Å²) in [6, 6.07) is 5.62. The first-order chi connectivity index (χ1) is 17.2. The molecule has 0 radical (unpaired) electrons. The Bertz CT molecular complexity index is 1150.